The molecule has 0 atom stereocenters. The average Bonchev–Trinajstić information content (AvgIpc) is 2.63. The van der Waals surface area contributed by atoms with Crippen molar-refractivity contribution in [1.82, 2.24) is 4.90 Å². The molecular weight excluding hydrogens is 409 g/mol. The summed E-state index contributed by atoms with van der Waals surface area (Å²) in [6.07, 6.45) is 1.10. The maximum absolute atomic E-state index is 12.8. The van der Waals surface area contributed by atoms with E-state index >= 15 is 0 Å². The number of halogens is 2. The first-order valence-corrected chi connectivity index (χ1v) is 10.9. The number of rotatable bonds is 3. The molecule has 0 aromatic heterocycles. The molecule has 144 valence electrons. The third-order valence-corrected chi connectivity index (χ3v) is 6.37. The second-order valence-electron chi connectivity index (χ2n) is 6.40. The van der Waals surface area contributed by atoms with E-state index in [-0.39, 0.29) is 22.1 Å². The lowest BCUT2D eigenvalue weighted by atomic mass is 10.1. The Hall–Kier alpha value is -1.96. The lowest BCUT2D eigenvalue weighted by Crippen LogP contribution is -2.49. The van der Waals surface area contributed by atoms with E-state index in [1.807, 2.05) is 6.07 Å². The molecular formula is C18H19Cl2N3O3S. The van der Waals surface area contributed by atoms with Gasteiger partial charge in [-0.1, -0.05) is 23.2 Å². The SMILES string of the molecule is CS(=O)(=O)c1ccc(N)c(C(=O)N2CCN(c3ccc(Cl)c(Cl)c3)CC2)c1. The maximum Gasteiger partial charge on any atom is 0.256 e. The number of sulfone groups is 1. The lowest BCUT2D eigenvalue weighted by Gasteiger charge is -2.36. The Balaban J connectivity index is 1.74. The molecule has 1 saturated heterocycles. The summed E-state index contributed by atoms with van der Waals surface area (Å²) in [5.41, 5.74) is 7.32. The van der Waals surface area contributed by atoms with Crippen molar-refractivity contribution in [3.63, 3.8) is 0 Å². The molecule has 1 aliphatic rings. The molecule has 2 N–H and O–H groups in total. The van der Waals surface area contributed by atoms with Crippen molar-refractivity contribution in [3.8, 4) is 0 Å². The number of carbonyl (C=O) groups is 1. The minimum Gasteiger partial charge on any atom is -0.398 e. The van der Waals surface area contributed by atoms with Crippen LogP contribution in [0.15, 0.2) is 41.3 Å². The van der Waals surface area contributed by atoms with Gasteiger partial charge in [-0.05, 0) is 36.4 Å². The highest BCUT2D eigenvalue weighted by Crippen LogP contribution is 2.28. The highest BCUT2D eigenvalue weighted by atomic mass is 35.5. The summed E-state index contributed by atoms with van der Waals surface area (Å²) in [5, 5.41) is 0.980. The molecule has 0 saturated carbocycles. The van der Waals surface area contributed by atoms with E-state index in [9.17, 15) is 13.2 Å². The number of benzene rings is 2. The minimum atomic E-state index is -3.42. The zero-order valence-corrected chi connectivity index (χ0v) is 17.0. The molecule has 2 aromatic carbocycles. The van der Waals surface area contributed by atoms with Crippen LogP contribution in [0.1, 0.15) is 10.4 Å². The summed E-state index contributed by atoms with van der Waals surface area (Å²) < 4.78 is 23.5. The van der Waals surface area contributed by atoms with Gasteiger partial charge in [0.2, 0.25) is 0 Å². The monoisotopic (exact) mass is 427 g/mol. The fraction of sp³-hybridized carbons (Fsp3) is 0.278. The van der Waals surface area contributed by atoms with E-state index in [1.165, 1.54) is 18.2 Å². The third-order valence-electron chi connectivity index (χ3n) is 4.52. The summed E-state index contributed by atoms with van der Waals surface area (Å²) in [6, 6.07) is 9.64. The van der Waals surface area contributed by atoms with Gasteiger partial charge in [-0.3, -0.25) is 4.79 Å². The van der Waals surface area contributed by atoms with E-state index in [0.29, 0.717) is 36.2 Å². The standard InChI is InChI=1S/C18H19Cl2N3O3S/c1-27(25,26)13-3-5-17(21)14(11-13)18(24)23-8-6-22(7-9-23)12-2-4-15(19)16(20)10-12/h2-5,10-11H,6-9,21H2,1H3. The molecule has 9 heteroatoms. The maximum atomic E-state index is 12.8. The van der Waals surface area contributed by atoms with Crippen LogP contribution in [0.25, 0.3) is 0 Å². The van der Waals surface area contributed by atoms with Gasteiger partial charge < -0.3 is 15.5 Å². The number of nitrogen functional groups attached to an aromatic ring is 1. The van der Waals surface area contributed by atoms with Crippen molar-refractivity contribution in [2.45, 2.75) is 4.90 Å². The number of anilines is 2. The summed E-state index contributed by atoms with van der Waals surface area (Å²) in [4.78, 5) is 16.7. The number of hydrogen-bond donors (Lipinski definition) is 1. The van der Waals surface area contributed by atoms with Gasteiger partial charge in [0.25, 0.3) is 5.91 Å². The summed E-state index contributed by atoms with van der Waals surface area (Å²) in [6.45, 7) is 2.22. The molecule has 6 nitrogen and oxygen atoms in total. The fourth-order valence-corrected chi connectivity index (χ4v) is 3.91. The summed E-state index contributed by atoms with van der Waals surface area (Å²) in [5.74, 6) is -0.271. The van der Waals surface area contributed by atoms with E-state index in [4.69, 9.17) is 28.9 Å². The van der Waals surface area contributed by atoms with Crippen LogP contribution in [0.5, 0.6) is 0 Å². The Kier molecular flexibility index (Phi) is 5.55. The van der Waals surface area contributed by atoms with Crippen LogP contribution in [0.2, 0.25) is 10.0 Å². The molecule has 0 bridgehead atoms. The Morgan fingerprint density at radius 1 is 1.00 bits per heavy atom. The predicted molar refractivity (Wildman–Crippen MR) is 109 cm³/mol. The largest absolute Gasteiger partial charge is 0.398 e. The average molecular weight is 428 g/mol. The van der Waals surface area contributed by atoms with Gasteiger partial charge in [0.05, 0.1) is 20.5 Å². The van der Waals surface area contributed by atoms with E-state index in [2.05, 4.69) is 4.90 Å². The first-order chi connectivity index (χ1) is 12.7. The molecule has 27 heavy (non-hydrogen) atoms. The van der Waals surface area contributed by atoms with Crippen molar-refractivity contribution < 1.29 is 13.2 Å². The topological polar surface area (TPSA) is 83.7 Å². The second-order valence-corrected chi connectivity index (χ2v) is 9.23. The van der Waals surface area contributed by atoms with Crippen molar-refractivity contribution in [2.24, 2.45) is 0 Å². The van der Waals surface area contributed by atoms with E-state index in [0.717, 1.165) is 11.9 Å². The quantitative estimate of drug-likeness (QED) is 0.761. The van der Waals surface area contributed by atoms with Gasteiger partial charge in [0, 0.05) is 43.8 Å². The molecule has 0 unspecified atom stereocenters. The van der Waals surface area contributed by atoms with Gasteiger partial charge in [-0.2, -0.15) is 0 Å². The van der Waals surface area contributed by atoms with Gasteiger partial charge in [-0.15, -0.1) is 0 Å². The van der Waals surface area contributed by atoms with E-state index in [1.54, 1.807) is 17.0 Å². The Labute approximate surface area is 168 Å². The van der Waals surface area contributed by atoms with Gasteiger partial charge in [-0.25, -0.2) is 8.42 Å². The number of amides is 1. The number of hydrogen-bond acceptors (Lipinski definition) is 5. The first kappa shape index (κ1) is 19.8. The van der Waals surface area contributed by atoms with Crippen molar-refractivity contribution in [2.75, 3.05) is 43.1 Å². The summed E-state index contributed by atoms with van der Waals surface area (Å²) >= 11 is 12.0. The highest BCUT2D eigenvalue weighted by molar-refractivity contribution is 7.90. The molecule has 1 heterocycles. The fourth-order valence-electron chi connectivity index (χ4n) is 2.97. The number of carbonyl (C=O) groups excluding carboxylic acids is 1. The van der Waals surface area contributed by atoms with Crippen molar-refractivity contribution >= 4 is 50.3 Å². The molecule has 2 aromatic rings. The van der Waals surface area contributed by atoms with Crippen LogP contribution in [-0.2, 0) is 9.84 Å². The molecule has 0 aliphatic carbocycles. The molecule has 1 fully saturated rings. The Morgan fingerprint density at radius 3 is 2.26 bits per heavy atom. The number of nitrogens with two attached hydrogens (primary N) is 1. The summed E-state index contributed by atoms with van der Waals surface area (Å²) in [7, 11) is -3.42. The van der Waals surface area contributed by atoms with Crippen LogP contribution in [0, 0.1) is 0 Å². The van der Waals surface area contributed by atoms with Gasteiger partial charge in [0.15, 0.2) is 9.84 Å². The molecule has 3 rings (SSSR count). The zero-order chi connectivity index (χ0) is 19.8. The smallest absolute Gasteiger partial charge is 0.256 e. The third kappa shape index (κ3) is 4.31. The molecule has 1 amide bonds. The first-order valence-electron chi connectivity index (χ1n) is 8.25. The predicted octanol–water partition coefficient (Wildman–Crippen LogP) is 2.94. The van der Waals surface area contributed by atoms with Crippen LogP contribution in [-0.4, -0.2) is 51.7 Å². The highest BCUT2D eigenvalue weighted by Gasteiger charge is 2.25. The number of nitrogens with zero attached hydrogens (tertiary/aromatic N) is 2. The van der Waals surface area contributed by atoms with Crippen molar-refractivity contribution in [1.29, 1.82) is 0 Å². The Morgan fingerprint density at radius 2 is 1.67 bits per heavy atom. The van der Waals surface area contributed by atoms with Crippen LogP contribution < -0.4 is 10.6 Å². The molecule has 0 spiro atoms. The number of piperazine rings is 1. The molecule has 1 aliphatic heterocycles. The lowest BCUT2D eigenvalue weighted by molar-refractivity contribution is 0.0747. The Bertz CT molecular complexity index is 987. The van der Waals surface area contributed by atoms with Gasteiger partial charge in [0.1, 0.15) is 0 Å². The minimum absolute atomic E-state index is 0.0782. The molecule has 0 radical (unpaired) electrons. The van der Waals surface area contributed by atoms with Crippen molar-refractivity contribution in [3.05, 3.63) is 52.0 Å². The van der Waals surface area contributed by atoms with Crippen LogP contribution in [0.4, 0.5) is 11.4 Å². The van der Waals surface area contributed by atoms with Gasteiger partial charge >= 0.3 is 0 Å². The zero-order valence-electron chi connectivity index (χ0n) is 14.7. The second kappa shape index (κ2) is 7.58. The normalized spacial score (nSPS) is 15.1. The van der Waals surface area contributed by atoms with Crippen LogP contribution >= 0.6 is 23.2 Å². The van der Waals surface area contributed by atoms with Crippen LogP contribution in [0.3, 0.4) is 0 Å². The van der Waals surface area contributed by atoms with E-state index < -0.39 is 9.84 Å².